The molecular weight excluding hydrogens is 264 g/mol. The zero-order valence-electron chi connectivity index (χ0n) is 11.9. The van der Waals surface area contributed by atoms with Gasteiger partial charge in [0, 0.05) is 24.8 Å². The lowest BCUT2D eigenvalue weighted by Crippen LogP contribution is -2.35. The quantitative estimate of drug-likeness (QED) is 0.865. The van der Waals surface area contributed by atoms with E-state index in [4.69, 9.17) is 4.74 Å². The van der Waals surface area contributed by atoms with Gasteiger partial charge in [-0.05, 0) is 55.7 Å². The Hall–Kier alpha value is -2.36. The molecule has 21 heavy (non-hydrogen) atoms. The zero-order valence-corrected chi connectivity index (χ0v) is 11.9. The van der Waals surface area contributed by atoms with Crippen molar-refractivity contribution in [2.24, 2.45) is 0 Å². The predicted octanol–water partition coefficient (Wildman–Crippen LogP) is 3.50. The number of pyridine rings is 1. The first-order valence-electron chi connectivity index (χ1n) is 7.30. The van der Waals surface area contributed by atoms with Crippen molar-refractivity contribution in [3.63, 3.8) is 0 Å². The third-order valence-corrected chi connectivity index (χ3v) is 3.61. The van der Waals surface area contributed by atoms with Crippen molar-refractivity contribution in [2.75, 3.05) is 13.1 Å². The fourth-order valence-corrected chi connectivity index (χ4v) is 2.49. The molecule has 0 aliphatic carbocycles. The highest BCUT2D eigenvalue weighted by atomic mass is 16.5. The summed E-state index contributed by atoms with van der Waals surface area (Å²) in [6.45, 7) is 1.74. The average molecular weight is 282 g/mol. The standard InChI is InChI=1S/C17H18N2O2/c20-17(19-11-2-1-3-12-19)14-6-8-15(9-7-14)21-16-5-4-10-18-13-16/h4-10,13H,1-3,11-12H2. The highest BCUT2D eigenvalue weighted by Crippen LogP contribution is 2.21. The fraction of sp³-hybridized carbons (Fsp3) is 0.294. The van der Waals surface area contributed by atoms with Crippen molar-refractivity contribution in [3.05, 3.63) is 54.4 Å². The minimum absolute atomic E-state index is 0.114. The second-order valence-corrected chi connectivity index (χ2v) is 5.17. The summed E-state index contributed by atoms with van der Waals surface area (Å²) in [4.78, 5) is 18.3. The van der Waals surface area contributed by atoms with E-state index in [1.165, 1.54) is 6.42 Å². The number of likely N-dealkylation sites (tertiary alicyclic amines) is 1. The monoisotopic (exact) mass is 282 g/mol. The second kappa shape index (κ2) is 6.39. The summed E-state index contributed by atoms with van der Waals surface area (Å²) >= 11 is 0. The molecule has 0 N–H and O–H groups in total. The maximum Gasteiger partial charge on any atom is 0.253 e. The van der Waals surface area contributed by atoms with Crippen LogP contribution in [-0.4, -0.2) is 28.9 Å². The van der Waals surface area contributed by atoms with Crippen molar-refractivity contribution in [1.29, 1.82) is 0 Å². The fourth-order valence-electron chi connectivity index (χ4n) is 2.49. The predicted molar refractivity (Wildman–Crippen MR) is 80.5 cm³/mol. The molecule has 1 fully saturated rings. The minimum Gasteiger partial charge on any atom is -0.456 e. The number of aromatic nitrogens is 1. The summed E-state index contributed by atoms with van der Waals surface area (Å²) in [6.07, 6.45) is 6.80. The number of carbonyl (C=O) groups excluding carboxylic acids is 1. The van der Waals surface area contributed by atoms with E-state index < -0.39 is 0 Å². The van der Waals surface area contributed by atoms with Crippen molar-refractivity contribution in [3.8, 4) is 11.5 Å². The van der Waals surface area contributed by atoms with Gasteiger partial charge in [-0.2, -0.15) is 0 Å². The second-order valence-electron chi connectivity index (χ2n) is 5.17. The lowest BCUT2D eigenvalue weighted by molar-refractivity contribution is 0.0724. The van der Waals surface area contributed by atoms with Crippen LogP contribution in [0.5, 0.6) is 11.5 Å². The summed E-state index contributed by atoms with van der Waals surface area (Å²) < 4.78 is 5.67. The van der Waals surface area contributed by atoms with Crippen molar-refractivity contribution in [2.45, 2.75) is 19.3 Å². The Bertz CT molecular complexity index is 590. The number of benzene rings is 1. The Kier molecular flexibility index (Phi) is 4.15. The molecular formula is C17H18N2O2. The van der Waals surface area contributed by atoms with E-state index in [2.05, 4.69) is 4.98 Å². The molecule has 0 bridgehead atoms. The van der Waals surface area contributed by atoms with E-state index in [1.54, 1.807) is 12.4 Å². The number of amides is 1. The maximum atomic E-state index is 12.3. The van der Waals surface area contributed by atoms with Crippen LogP contribution in [0.2, 0.25) is 0 Å². The number of carbonyl (C=O) groups is 1. The summed E-state index contributed by atoms with van der Waals surface area (Å²) in [6, 6.07) is 11.0. The van der Waals surface area contributed by atoms with Crippen LogP contribution in [0.3, 0.4) is 0 Å². The van der Waals surface area contributed by atoms with Crippen LogP contribution in [0.25, 0.3) is 0 Å². The van der Waals surface area contributed by atoms with Gasteiger partial charge in [-0.3, -0.25) is 9.78 Å². The lowest BCUT2D eigenvalue weighted by atomic mass is 10.1. The molecule has 0 saturated carbocycles. The third-order valence-electron chi connectivity index (χ3n) is 3.61. The van der Waals surface area contributed by atoms with Crippen LogP contribution in [0.4, 0.5) is 0 Å². The molecule has 2 aromatic rings. The highest BCUT2D eigenvalue weighted by Gasteiger charge is 2.17. The number of hydrogen-bond donors (Lipinski definition) is 0. The lowest BCUT2D eigenvalue weighted by Gasteiger charge is -2.26. The van der Waals surface area contributed by atoms with E-state index in [-0.39, 0.29) is 5.91 Å². The van der Waals surface area contributed by atoms with Gasteiger partial charge in [-0.15, -0.1) is 0 Å². The number of piperidine rings is 1. The summed E-state index contributed by atoms with van der Waals surface area (Å²) in [5.74, 6) is 1.51. The third kappa shape index (κ3) is 3.40. The van der Waals surface area contributed by atoms with Gasteiger partial charge in [0.05, 0.1) is 6.20 Å². The Morgan fingerprint density at radius 3 is 2.43 bits per heavy atom. The molecule has 1 aromatic carbocycles. The van der Waals surface area contributed by atoms with E-state index in [1.807, 2.05) is 41.3 Å². The van der Waals surface area contributed by atoms with Gasteiger partial charge < -0.3 is 9.64 Å². The number of ether oxygens (including phenoxy) is 1. The molecule has 4 heteroatoms. The summed E-state index contributed by atoms with van der Waals surface area (Å²) in [5, 5.41) is 0. The molecule has 1 aliphatic heterocycles. The number of rotatable bonds is 3. The molecule has 0 radical (unpaired) electrons. The SMILES string of the molecule is O=C(c1ccc(Oc2cccnc2)cc1)N1CCCCC1. The van der Waals surface area contributed by atoms with Crippen LogP contribution in [-0.2, 0) is 0 Å². The van der Waals surface area contributed by atoms with Crippen LogP contribution in [0.15, 0.2) is 48.8 Å². The average Bonchev–Trinajstić information content (AvgIpc) is 2.57. The van der Waals surface area contributed by atoms with Crippen LogP contribution < -0.4 is 4.74 Å². The molecule has 1 aliphatic rings. The first-order valence-corrected chi connectivity index (χ1v) is 7.30. The Balaban J connectivity index is 1.67. The largest absolute Gasteiger partial charge is 0.456 e. The van der Waals surface area contributed by atoms with Gasteiger partial charge in [0.15, 0.2) is 0 Å². The summed E-state index contributed by atoms with van der Waals surface area (Å²) in [7, 11) is 0. The Morgan fingerprint density at radius 2 is 1.76 bits per heavy atom. The number of nitrogens with zero attached hydrogens (tertiary/aromatic N) is 2. The van der Waals surface area contributed by atoms with Gasteiger partial charge in [-0.25, -0.2) is 0 Å². The van der Waals surface area contributed by atoms with Crippen LogP contribution in [0.1, 0.15) is 29.6 Å². The van der Waals surface area contributed by atoms with Gasteiger partial charge in [0.1, 0.15) is 11.5 Å². The Labute approximate surface area is 124 Å². The topological polar surface area (TPSA) is 42.4 Å². The van der Waals surface area contributed by atoms with Gasteiger partial charge >= 0.3 is 0 Å². The molecule has 4 nitrogen and oxygen atoms in total. The molecule has 2 heterocycles. The van der Waals surface area contributed by atoms with Crippen molar-refractivity contribution < 1.29 is 9.53 Å². The molecule has 108 valence electrons. The molecule has 3 rings (SSSR count). The van der Waals surface area contributed by atoms with Crippen LogP contribution >= 0.6 is 0 Å². The Morgan fingerprint density at radius 1 is 1.00 bits per heavy atom. The molecule has 1 amide bonds. The number of hydrogen-bond acceptors (Lipinski definition) is 3. The molecule has 0 unspecified atom stereocenters. The van der Waals surface area contributed by atoms with Crippen molar-refractivity contribution >= 4 is 5.91 Å². The first-order chi connectivity index (χ1) is 10.3. The van der Waals surface area contributed by atoms with Crippen LogP contribution in [0, 0.1) is 0 Å². The molecule has 0 atom stereocenters. The van der Waals surface area contributed by atoms with Gasteiger partial charge in [-0.1, -0.05) is 0 Å². The van der Waals surface area contributed by atoms with E-state index in [9.17, 15) is 4.79 Å². The highest BCUT2D eigenvalue weighted by molar-refractivity contribution is 5.94. The smallest absolute Gasteiger partial charge is 0.253 e. The maximum absolute atomic E-state index is 12.3. The first kappa shape index (κ1) is 13.6. The van der Waals surface area contributed by atoms with E-state index >= 15 is 0 Å². The van der Waals surface area contributed by atoms with Gasteiger partial charge in [0.2, 0.25) is 0 Å². The van der Waals surface area contributed by atoms with Crippen molar-refractivity contribution in [1.82, 2.24) is 9.88 Å². The molecule has 0 spiro atoms. The summed E-state index contributed by atoms with van der Waals surface area (Å²) in [5.41, 5.74) is 0.718. The van der Waals surface area contributed by atoms with E-state index in [0.717, 1.165) is 31.5 Å². The minimum atomic E-state index is 0.114. The van der Waals surface area contributed by atoms with E-state index in [0.29, 0.717) is 11.5 Å². The molecule has 1 aromatic heterocycles. The normalized spacial score (nSPS) is 14.8. The molecule has 1 saturated heterocycles. The van der Waals surface area contributed by atoms with Gasteiger partial charge in [0.25, 0.3) is 5.91 Å². The zero-order chi connectivity index (χ0) is 14.5.